The van der Waals surface area contributed by atoms with E-state index in [2.05, 4.69) is 5.32 Å². The first-order valence-electron chi connectivity index (χ1n) is 7.16. The number of furan rings is 1. The van der Waals surface area contributed by atoms with Gasteiger partial charge in [-0.3, -0.25) is 19.8 Å². The quantitative estimate of drug-likeness (QED) is 0.519. The molecule has 0 radical (unpaired) electrons. The molecule has 1 fully saturated rings. The van der Waals surface area contributed by atoms with Crippen LogP contribution in [-0.4, -0.2) is 21.8 Å². The number of rotatable bonds is 4. The van der Waals surface area contributed by atoms with Crippen LogP contribution in [0.4, 0.5) is 9.80 Å². The normalized spacial score (nSPS) is 20.5. The summed E-state index contributed by atoms with van der Waals surface area (Å²) in [5, 5.41) is 15.0. The van der Waals surface area contributed by atoms with Crippen LogP contribution in [0, 0.1) is 24.0 Å². The number of nitrogens with one attached hydrogen (secondary N) is 1. The van der Waals surface area contributed by atoms with Crippen molar-refractivity contribution in [3.8, 4) is 0 Å². The molecule has 1 atom stereocenters. The highest BCUT2D eigenvalue weighted by Gasteiger charge is 2.50. The number of carbonyl (C=O) groups is 2. The minimum atomic E-state index is -1.21. The first-order chi connectivity index (χ1) is 11.2. The van der Waals surface area contributed by atoms with Crippen LogP contribution in [0.5, 0.6) is 0 Å². The molecule has 8 nitrogen and oxygen atoms in total. The van der Waals surface area contributed by atoms with Gasteiger partial charge in [-0.2, -0.15) is 0 Å². The molecule has 0 saturated carbocycles. The maximum absolute atomic E-state index is 12.8. The monoisotopic (exact) mass is 349 g/mol. The number of carbonyl (C=O) groups excluding carboxylic acids is 2. The van der Waals surface area contributed by atoms with Crippen LogP contribution in [0.25, 0.3) is 0 Å². The Labute approximate surface area is 141 Å². The first kappa shape index (κ1) is 16.2. The molecule has 0 aromatic carbocycles. The number of hydrogen-bond acceptors (Lipinski definition) is 6. The summed E-state index contributed by atoms with van der Waals surface area (Å²) in [7, 11) is 0. The number of imide groups is 1. The van der Waals surface area contributed by atoms with Crippen LogP contribution < -0.4 is 5.32 Å². The van der Waals surface area contributed by atoms with Gasteiger partial charge in [-0.25, -0.2) is 4.79 Å². The summed E-state index contributed by atoms with van der Waals surface area (Å²) in [6, 6.07) is 2.57. The Kier molecular flexibility index (Phi) is 3.67. The van der Waals surface area contributed by atoms with E-state index in [0.29, 0.717) is 22.6 Å². The van der Waals surface area contributed by atoms with Crippen LogP contribution in [0.3, 0.4) is 0 Å². The Hall–Kier alpha value is -2.68. The van der Waals surface area contributed by atoms with Crippen LogP contribution in [0.1, 0.15) is 29.6 Å². The van der Waals surface area contributed by atoms with E-state index in [0.717, 1.165) is 16.2 Å². The molecule has 2 aromatic heterocycles. The predicted octanol–water partition coefficient (Wildman–Crippen LogP) is 2.83. The van der Waals surface area contributed by atoms with Crippen LogP contribution in [0.15, 0.2) is 21.9 Å². The lowest BCUT2D eigenvalue weighted by Gasteiger charge is -2.21. The van der Waals surface area contributed by atoms with E-state index in [1.54, 1.807) is 32.2 Å². The van der Waals surface area contributed by atoms with Crippen molar-refractivity contribution in [1.29, 1.82) is 0 Å². The van der Waals surface area contributed by atoms with Gasteiger partial charge in [0.25, 0.3) is 5.91 Å². The highest BCUT2D eigenvalue weighted by atomic mass is 32.1. The lowest BCUT2D eigenvalue weighted by atomic mass is 9.92. The Morgan fingerprint density at radius 2 is 2.08 bits per heavy atom. The van der Waals surface area contributed by atoms with Gasteiger partial charge in [-0.1, -0.05) is 11.3 Å². The van der Waals surface area contributed by atoms with Crippen molar-refractivity contribution in [2.45, 2.75) is 32.9 Å². The van der Waals surface area contributed by atoms with Gasteiger partial charge in [-0.15, -0.1) is 0 Å². The van der Waals surface area contributed by atoms with Crippen molar-refractivity contribution < 1.29 is 18.9 Å². The number of nitrogens with zero attached hydrogens (tertiary/aromatic N) is 2. The molecule has 9 heteroatoms. The van der Waals surface area contributed by atoms with Crippen molar-refractivity contribution in [3.63, 3.8) is 0 Å². The molecule has 1 N–H and O–H groups in total. The highest BCUT2D eigenvalue weighted by Crippen LogP contribution is 2.34. The molecule has 3 heterocycles. The zero-order valence-corrected chi connectivity index (χ0v) is 14.1. The van der Waals surface area contributed by atoms with Crippen LogP contribution >= 0.6 is 11.3 Å². The fourth-order valence-corrected chi connectivity index (χ4v) is 3.59. The zero-order valence-electron chi connectivity index (χ0n) is 13.3. The summed E-state index contributed by atoms with van der Waals surface area (Å²) in [6.07, 6.45) is 0. The Bertz CT molecular complexity index is 855. The van der Waals surface area contributed by atoms with Gasteiger partial charge in [-0.05, 0) is 32.4 Å². The number of thiophene rings is 1. The standard InChI is InChI=1S/C15H15N3O5S/c1-8-4-11(9(2)23-8)15(3)13(19)17(14(20)16-15)6-10-5-12(18(21)22)24-7-10/h4-5,7H,6H2,1-3H3,(H,16,20)/t15-/m0/s1. The van der Waals surface area contributed by atoms with E-state index < -0.39 is 22.4 Å². The van der Waals surface area contributed by atoms with E-state index in [1.807, 2.05) is 0 Å². The second-order valence-corrected chi connectivity index (χ2v) is 6.71. The summed E-state index contributed by atoms with van der Waals surface area (Å²) >= 11 is 0.962. The molecule has 0 unspecified atom stereocenters. The summed E-state index contributed by atoms with van der Waals surface area (Å²) in [6.45, 7) is 5.11. The molecule has 1 aliphatic heterocycles. The van der Waals surface area contributed by atoms with E-state index >= 15 is 0 Å². The van der Waals surface area contributed by atoms with Gasteiger partial charge >= 0.3 is 11.0 Å². The van der Waals surface area contributed by atoms with Gasteiger partial charge < -0.3 is 9.73 Å². The Morgan fingerprint density at radius 3 is 2.62 bits per heavy atom. The van der Waals surface area contributed by atoms with Crippen molar-refractivity contribution in [1.82, 2.24) is 10.2 Å². The average molecular weight is 349 g/mol. The van der Waals surface area contributed by atoms with Crippen molar-refractivity contribution >= 4 is 28.3 Å². The second kappa shape index (κ2) is 5.45. The maximum atomic E-state index is 12.8. The molecule has 3 amide bonds. The van der Waals surface area contributed by atoms with E-state index in [-0.39, 0.29) is 11.5 Å². The maximum Gasteiger partial charge on any atom is 0.325 e. The van der Waals surface area contributed by atoms with Gasteiger partial charge in [0.2, 0.25) is 0 Å². The third-order valence-electron chi connectivity index (χ3n) is 4.02. The topological polar surface area (TPSA) is 106 Å². The number of nitro groups is 1. The summed E-state index contributed by atoms with van der Waals surface area (Å²) < 4.78 is 5.46. The third-order valence-corrected chi connectivity index (χ3v) is 4.94. The largest absolute Gasteiger partial charge is 0.466 e. The smallest absolute Gasteiger partial charge is 0.325 e. The summed E-state index contributed by atoms with van der Waals surface area (Å²) in [5.74, 6) is 0.805. The fraction of sp³-hybridized carbons (Fsp3) is 0.333. The van der Waals surface area contributed by atoms with Gasteiger partial charge in [0.05, 0.1) is 11.5 Å². The van der Waals surface area contributed by atoms with Gasteiger partial charge in [0.15, 0.2) is 0 Å². The molecule has 24 heavy (non-hydrogen) atoms. The Morgan fingerprint density at radius 1 is 1.38 bits per heavy atom. The number of aryl methyl sites for hydroxylation is 2. The summed E-state index contributed by atoms with van der Waals surface area (Å²) in [5.41, 5.74) is -0.0577. The zero-order chi connectivity index (χ0) is 17.6. The average Bonchev–Trinajstić information content (AvgIpc) is 3.14. The molecule has 2 aromatic rings. The van der Waals surface area contributed by atoms with Crippen molar-refractivity contribution in [2.75, 3.05) is 0 Å². The highest BCUT2D eigenvalue weighted by molar-refractivity contribution is 7.13. The summed E-state index contributed by atoms with van der Waals surface area (Å²) in [4.78, 5) is 36.4. The molecule has 0 spiro atoms. The predicted molar refractivity (Wildman–Crippen MR) is 85.6 cm³/mol. The van der Waals surface area contributed by atoms with E-state index in [9.17, 15) is 19.7 Å². The molecule has 3 rings (SSSR count). The first-order valence-corrected chi connectivity index (χ1v) is 8.04. The molecular weight excluding hydrogens is 334 g/mol. The lowest BCUT2D eigenvalue weighted by Crippen LogP contribution is -2.41. The molecule has 0 bridgehead atoms. The third kappa shape index (κ3) is 2.46. The SMILES string of the molecule is Cc1cc([C@]2(C)NC(=O)N(Cc3csc([N+](=O)[O-])c3)C2=O)c(C)o1. The molecular formula is C15H15N3O5S. The molecule has 1 saturated heterocycles. The van der Waals surface area contributed by atoms with Crippen LogP contribution in [0.2, 0.25) is 0 Å². The van der Waals surface area contributed by atoms with Crippen molar-refractivity contribution in [3.05, 3.63) is 50.3 Å². The minimum absolute atomic E-state index is 0.0134. The number of amides is 3. The fourth-order valence-electron chi connectivity index (χ4n) is 2.87. The molecule has 0 aliphatic carbocycles. The van der Waals surface area contributed by atoms with Crippen LogP contribution in [-0.2, 0) is 16.9 Å². The molecule has 1 aliphatic rings. The van der Waals surface area contributed by atoms with Crippen molar-refractivity contribution in [2.24, 2.45) is 0 Å². The number of hydrogen-bond donors (Lipinski definition) is 1. The van der Waals surface area contributed by atoms with E-state index in [1.165, 1.54) is 6.07 Å². The van der Waals surface area contributed by atoms with E-state index in [4.69, 9.17) is 4.42 Å². The Balaban J connectivity index is 1.88. The van der Waals surface area contributed by atoms with Gasteiger partial charge in [0, 0.05) is 17.0 Å². The molecule has 126 valence electrons. The van der Waals surface area contributed by atoms with Gasteiger partial charge in [0.1, 0.15) is 17.1 Å². The number of urea groups is 1. The lowest BCUT2D eigenvalue weighted by molar-refractivity contribution is -0.380. The second-order valence-electron chi connectivity index (χ2n) is 5.82. The minimum Gasteiger partial charge on any atom is -0.466 e.